The first-order valence-corrected chi connectivity index (χ1v) is 20.8. The molecule has 0 unspecified atom stereocenters. The van der Waals surface area contributed by atoms with Crippen LogP contribution in [0.3, 0.4) is 0 Å². The van der Waals surface area contributed by atoms with Crippen molar-refractivity contribution < 1.29 is 18.1 Å². The van der Waals surface area contributed by atoms with E-state index in [1.807, 2.05) is 36.4 Å². The Morgan fingerprint density at radius 2 is 1.42 bits per heavy atom. The fourth-order valence-corrected chi connectivity index (χ4v) is 16.6. The van der Waals surface area contributed by atoms with E-state index in [1.165, 1.54) is 4.80 Å². The molecule has 0 aliphatic heterocycles. The fraction of sp³-hybridized carbons (Fsp3) is 0.478. The molecule has 1 N–H and O–H groups in total. The van der Waals surface area contributed by atoms with Crippen molar-refractivity contribution in [1.82, 2.24) is 15.0 Å². The quantitative estimate of drug-likeness (QED) is 0.350. The van der Waals surface area contributed by atoms with Gasteiger partial charge in [0.2, 0.25) is 0 Å². The van der Waals surface area contributed by atoms with Gasteiger partial charge in [-0.3, -0.25) is 0 Å². The molecule has 0 fully saturated rings. The number of phenols is 1. The molecule has 0 saturated heterocycles. The Morgan fingerprint density at radius 3 is 1.91 bits per heavy atom. The van der Waals surface area contributed by atoms with Gasteiger partial charge in [-0.25, -0.2) is 0 Å². The van der Waals surface area contributed by atoms with Crippen molar-refractivity contribution in [2.24, 2.45) is 0 Å². The maximum absolute atomic E-state index is 10.8. The number of aromatic nitrogens is 3. The van der Waals surface area contributed by atoms with Gasteiger partial charge in [0.15, 0.2) is 28.1 Å². The van der Waals surface area contributed by atoms with Crippen LogP contribution in [0.1, 0.15) is 12.0 Å². The van der Waals surface area contributed by atoms with Crippen molar-refractivity contribution >= 4 is 36.2 Å². The SMILES string of the molecule is COc1cc(CCC[Si](C)(O[Si](C)(C)C)O[Si](C)(C)C)cc(-n2nc3ccccc3n2)c1O. The second-order valence-corrected chi connectivity index (χ2v) is 23.4. The Morgan fingerprint density at radius 1 is 0.879 bits per heavy atom. The number of rotatable bonds is 10. The summed E-state index contributed by atoms with van der Waals surface area (Å²) >= 11 is 0. The average molecular weight is 504 g/mol. The van der Waals surface area contributed by atoms with E-state index in [2.05, 4.69) is 56.0 Å². The number of phenolic OH excluding ortho intramolecular Hbond substituents is 1. The molecule has 180 valence electrons. The Bertz CT molecular complexity index is 1060. The van der Waals surface area contributed by atoms with E-state index in [-0.39, 0.29) is 5.75 Å². The van der Waals surface area contributed by atoms with Crippen LogP contribution >= 0.6 is 0 Å². The van der Waals surface area contributed by atoms with Gasteiger partial charge in [0.25, 0.3) is 0 Å². The molecule has 33 heavy (non-hydrogen) atoms. The molecule has 1 heterocycles. The summed E-state index contributed by atoms with van der Waals surface area (Å²) in [7, 11) is -4.19. The van der Waals surface area contributed by atoms with Gasteiger partial charge in [0.05, 0.1) is 7.11 Å². The summed E-state index contributed by atoms with van der Waals surface area (Å²) in [5.41, 5.74) is 3.11. The van der Waals surface area contributed by atoms with Crippen molar-refractivity contribution in [1.29, 1.82) is 0 Å². The highest BCUT2D eigenvalue weighted by Gasteiger charge is 2.39. The van der Waals surface area contributed by atoms with Crippen LogP contribution in [0, 0.1) is 0 Å². The van der Waals surface area contributed by atoms with Crippen LogP contribution in [0.15, 0.2) is 36.4 Å². The van der Waals surface area contributed by atoms with Crippen molar-refractivity contribution in [2.45, 2.75) is 64.7 Å². The number of aryl methyl sites for hydroxylation is 1. The van der Waals surface area contributed by atoms with Crippen LogP contribution in [-0.4, -0.2) is 52.4 Å². The number of hydrogen-bond acceptors (Lipinski definition) is 6. The Balaban J connectivity index is 1.83. The van der Waals surface area contributed by atoms with Gasteiger partial charge in [-0.1, -0.05) is 12.1 Å². The molecule has 0 bridgehead atoms. The van der Waals surface area contributed by atoms with E-state index in [0.29, 0.717) is 11.4 Å². The number of methoxy groups -OCH3 is 1. The third-order valence-electron chi connectivity index (χ3n) is 4.98. The topological polar surface area (TPSA) is 78.6 Å². The fourth-order valence-electron chi connectivity index (χ4n) is 4.10. The van der Waals surface area contributed by atoms with Gasteiger partial charge in [-0.15, -0.1) is 15.0 Å². The van der Waals surface area contributed by atoms with Crippen LogP contribution in [0.5, 0.6) is 11.5 Å². The lowest BCUT2D eigenvalue weighted by Crippen LogP contribution is -2.52. The van der Waals surface area contributed by atoms with Crippen LogP contribution < -0.4 is 4.74 Å². The zero-order chi connectivity index (χ0) is 24.4. The molecule has 1 aromatic heterocycles. The zero-order valence-corrected chi connectivity index (χ0v) is 24.1. The maximum Gasteiger partial charge on any atom is 0.314 e. The van der Waals surface area contributed by atoms with Gasteiger partial charge >= 0.3 is 8.56 Å². The number of aromatic hydroxyl groups is 1. The first-order chi connectivity index (χ1) is 15.3. The summed E-state index contributed by atoms with van der Waals surface area (Å²) in [6, 6.07) is 12.4. The van der Waals surface area contributed by atoms with Crippen LogP contribution in [0.2, 0.25) is 51.9 Å². The lowest BCUT2D eigenvalue weighted by molar-refractivity contribution is 0.370. The second-order valence-electron chi connectivity index (χ2n) is 10.6. The van der Waals surface area contributed by atoms with Gasteiger partial charge in [0.1, 0.15) is 16.7 Å². The number of benzene rings is 2. The maximum atomic E-state index is 10.8. The first-order valence-electron chi connectivity index (χ1n) is 11.4. The Labute approximate surface area is 200 Å². The van der Waals surface area contributed by atoms with E-state index in [9.17, 15) is 5.11 Å². The number of ether oxygens (including phenoxy) is 1. The van der Waals surface area contributed by atoms with E-state index >= 15 is 0 Å². The Kier molecular flexibility index (Phi) is 7.54. The van der Waals surface area contributed by atoms with E-state index in [4.69, 9.17) is 13.0 Å². The first kappa shape index (κ1) is 25.6. The van der Waals surface area contributed by atoms with E-state index < -0.39 is 25.2 Å². The smallest absolute Gasteiger partial charge is 0.314 e. The number of fused-ring (bicyclic) bond motifs is 1. The number of hydrogen-bond donors (Lipinski definition) is 1. The highest BCUT2D eigenvalue weighted by molar-refractivity contribution is 6.87. The summed E-state index contributed by atoms with van der Waals surface area (Å²) in [5, 5.41) is 19.8. The molecule has 0 spiro atoms. The number of nitrogens with zero attached hydrogens (tertiary/aromatic N) is 3. The second kappa shape index (κ2) is 9.71. The van der Waals surface area contributed by atoms with Gasteiger partial charge < -0.3 is 18.1 Å². The van der Waals surface area contributed by atoms with Gasteiger partial charge in [-0.05, 0) is 94.5 Å². The molecule has 0 amide bonds. The van der Waals surface area contributed by atoms with Crippen LogP contribution in [0.4, 0.5) is 0 Å². The lowest BCUT2D eigenvalue weighted by atomic mass is 10.1. The predicted octanol–water partition coefficient (Wildman–Crippen LogP) is 5.84. The molecule has 0 saturated carbocycles. The molecule has 0 aliphatic rings. The zero-order valence-electron chi connectivity index (χ0n) is 21.1. The molecule has 0 aliphatic carbocycles. The third-order valence-corrected chi connectivity index (χ3v) is 14.6. The van der Waals surface area contributed by atoms with Crippen molar-refractivity contribution in [3.63, 3.8) is 0 Å². The van der Waals surface area contributed by atoms with E-state index in [0.717, 1.165) is 35.5 Å². The third kappa shape index (κ3) is 7.00. The molecule has 3 rings (SSSR count). The summed E-state index contributed by atoms with van der Waals surface area (Å²) in [6.07, 6.45) is 1.75. The minimum Gasteiger partial charge on any atom is -0.503 e. The molecule has 0 atom stereocenters. The summed E-state index contributed by atoms with van der Waals surface area (Å²) in [5.74, 6) is 0.450. The molecule has 10 heteroatoms. The Hall–Kier alpha value is -1.99. The minimum absolute atomic E-state index is 0.0323. The van der Waals surface area contributed by atoms with Crippen LogP contribution in [-0.2, 0) is 14.7 Å². The molecular weight excluding hydrogens is 467 g/mol. The van der Waals surface area contributed by atoms with Crippen molar-refractivity contribution in [3.05, 3.63) is 42.0 Å². The molecule has 7 nitrogen and oxygen atoms in total. The normalized spacial score (nSPS) is 13.0. The summed E-state index contributed by atoms with van der Waals surface area (Å²) in [6.45, 7) is 15.6. The average Bonchev–Trinajstić information content (AvgIpc) is 3.09. The summed E-state index contributed by atoms with van der Waals surface area (Å²) < 4.78 is 18.7. The molecule has 2 aromatic carbocycles. The van der Waals surface area contributed by atoms with Crippen molar-refractivity contribution in [2.75, 3.05) is 7.11 Å². The highest BCUT2D eigenvalue weighted by Crippen LogP contribution is 2.35. The van der Waals surface area contributed by atoms with Crippen LogP contribution in [0.25, 0.3) is 16.7 Å². The lowest BCUT2D eigenvalue weighted by Gasteiger charge is -2.38. The monoisotopic (exact) mass is 503 g/mol. The largest absolute Gasteiger partial charge is 0.503 e. The molecule has 0 radical (unpaired) electrons. The van der Waals surface area contributed by atoms with Gasteiger partial charge in [-0.2, -0.15) is 0 Å². The predicted molar refractivity (Wildman–Crippen MR) is 141 cm³/mol. The highest BCUT2D eigenvalue weighted by atomic mass is 28.5. The minimum atomic E-state index is -2.29. The molecule has 3 aromatic rings. The van der Waals surface area contributed by atoms with Crippen molar-refractivity contribution in [3.8, 4) is 17.2 Å². The van der Waals surface area contributed by atoms with Gasteiger partial charge in [0, 0.05) is 0 Å². The summed E-state index contributed by atoms with van der Waals surface area (Å²) in [4.78, 5) is 1.48. The molecular formula is C23H37N3O4Si3. The standard InChI is InChI=1S/C23H37N3O4Si3/c1-28-22-17-18(12-11-15-33(8,29-31(2,3)4)30-32(5,6)7)16-21(23(22)27)26-24-19-13-9-10-14-20(19)25-26/h9-10,13-14,16-17,27H,11-12,15H2,1-8H3. The van der Waals surface area contributed by atoms with E-state index in [1.54, 1.807) is 7.11 Å².